The molecule has 1 aromatic heterocycles. The molecule has 0 radical (unpaired) electrons. The molecule has 3 nitrogen and oxygen atoms in total. The second-order valence-corrected chi connectivity index (χ2v) is 5.22. The Kier molecular flexibility index (Phi) is 4.61. The summed E-state index contributed by atoms with van der Waals surface area (Å²) < 4.78 is 5.75. The van der Waals surface area contributed by atoms with Crippen LogP contribution in [0.25, 0.3) is 0 Å². The van der Waals surface area contributed by atoms with Crippen LogP contribution >= 0.6 is 11.6 Å². The first-order valence-electron chi connectivity index (χ1n) is 6.33. The molecule has 0 fully saturated rings. The van der Waals surface area contributed by atoms with Gasteiger partial charge in [0.25, 0.3) is 0 Å². The van der Waals surface area contributed by atoms with E-state index in [-0.39, 0.29) is 0 Å². The Labute approximate surface area is 113 Å². The van der Waals surface area contributed by atoms with E-state index in [1.165, 1.54) is 0 Å². The third-order valence-electron chi connectivity index (χ3n) is 3.49. The van der Waals surface area contributed by atoms with E-state index in [2.05, 4.69) is 24.1 Å². The summed E-state index contributed by atoms with van der Waals surface area (Å²) in [6.07, 6.45) is 8.29. The van der Waals surface area contributed by atoms with E-state index in [0.29, 0.717) is 35.9 Å². The van der Waals surface area contributed by atoms with Crippen LogP contribution in [-0.4, -0.2) is 11.6 Å². The monoisotopic (exact) mass is 266 g/mol. The van der Waals surface area contributed by atoms with Gasteiger partial charge in [-0.2, -0.15) is 0 Å². The topological polar surface area (TPSA) is 48.1 Å². The molecule has 98 valence electrons. The lowest BCUT2D eigenvalue weighted by atomic mass is 9.85. The molecule has 1 heterocycles. The van der Waals surface area contributed by atoms with Gasteiger partial charge < -0.3 is 10.5 Å². The second-order valence-electron chi connectivity index (χ2n) is 4.81. The highest BCUT2D eigenvalue weighted by atomic mass is 35.5. The van der Waals surface area contributed by atoms with Crippen molar-refractivity contribution in [3.8, 4) is 5.88 Å². The number of nitrogens with zero attached hydrogens (tertiary/aromatic N) is 1. The Balaban J connectivity index is 1.95. The molecule has 2 atom stereocenters. The molecule has 0 aromatic carbocycles. The first-order valence-corrected chi connectivity index (χ1v) is 6.70. The van der Waals surface area contributed by atoms with Crippen molar-refractivity contribution in [2.45, 2.75) is 26.3 Å². The van der Waals surface area contributed by atoms with Crippen LogP contribution in [0.2, 0.25) is 5.02 Å². The molecule has 2 N–H and O–H groups in total. The van der Waals surface area contributed by atoms with Crippen molar-refractivity contribution < 1.29 is 4.74 Å². The van der Waals surface area contributed by atoms with E-state index >= 15 is 0 Å². The van der Waals surface area contributed by atoms with Crippen molar-refractivity contribution in [3.05, 3.63) is 35.0 Å². The maximum absolute atomic E-state index is 5.96. The van der Waals surface area contributed by atoms with Gasteiger partial charge in [0.05, 0.1) is 11.6 Å². The van der Waals surface area contributed by atoms with Gasteiger partial charge in [0.15, 0.2) is 0 Å². The molecular formula is C14H19ClN2O. The number of halogens is 1. The zero-order valence-electron chi connectivity index (χ0n) is 10.6. The van der Waals surface area contributed by atoms with Crippen LogP contribution in [0.4, 0.5) is 0 Å². The third-order valence-corrected chi connectivity index (χ3v) is 3.83. The predicted molar refractivity (Wildman–Crippen MR) is 73.7 cm³/mol. The van der Waals surface area contributed by atoms with Crippen molar-refractivity contribution in [1.82, 2.24) is 4.98 Å². The summed E-state index contributed by atoms with van der Waals surface area (Å²) in [5, 5.41) is 0.596. The standard InChI is InChI=1S/C14H19ClN2O/c1-10-4-2-3-5-11(10)9-18-14-6-12(7-16)13(15)8-17-14/h2-3,6,8,10-11H,4-5,7,9,16H2,1H3. The molecule has 2 unspecified atom stereocenters. The Morgan fingerprint density at radius 2 is 2.22 bits per heavy atom. The van der Waals surface area contributed by atoms with Crippen molar-refractivity contribution in [1.29, 1.82) is 0 Å². The summed E-state index contributed by atoms with van der Waals surface area (Å²) in [5.41, 5.74) is 6.48. The van der Waals surface area contributed by atoms with Gasteiger partial charge >= 0.3 is 0 Å². The number of rotatable bonds is 4. The van der Waals surface area contributed by atoms with E-state index in [1.54, 1.807) is 6.20 Å². The minimum absolute atomic E-state index is 0.403. The van der Waals surface area contributed by atoms with Crippen LogP contribution in [0.3, 0.4) is 0 Å². The summed E-state index contributed by atoms with van der Waals surface area (Å²) in [6, 6.07) is 1.83. The van der Waals surface area contributed by atoms with Crippen LogP contribution in [-0.2, 0) is 6.54 Å². The lowest BCUT2D eigenvalue weighted by Crippen LogP contribution is -2.21. The maximum Gasteiger partial charge on any atom is 0.213 e. The van der Waals surface area contributed by atoms with Gasteiger partial charge in [-0.05, 0) is 30.2 Å². The van der Waals surface area contributed by atoms with E-state index < -0.39 is 0 Å². The highest BCUT2D eigenvalue weighted by Crippen LogP contribution is 2.26. The van der Waals surface area contributed by atoms with Crippen molar-refractivity contribution in [3.63, 3.8) is 0 Å². The van der Waals surface area contributed by atoms with Crippen LogP contribution in [0.5, 0.6) is 5.88 Å². The zero-order chi connectivity index (χ0) is 13.0. The first-order chi connectivity index (χ1) is 8.70. The summed E-state index contributed by atoms with van der Waals surface area (Å²) in [4.78, 5) is 4.17. The van der Waals surface area contributed by atoms with Gasteiger partial charge in [0.2, 0.25) is 5.88 Å². The molecule has 0 saturated carbocycles. The molecule has 0 spiro atoms. The molecule has 0 bridgehead atoms. The fourth-order valence-corrected chi connectivity index (χ4v) is 2.31. The molecule has 0 amide bonds. The number of pyridine rings is 1. The highest BCUT2D eigenvalue weighted by molar-refractivity contribution is 6.31. The fourth-order valence-electron chi connectivity index (χ4n) is 2.13. The lowest BCUT2D eigenvalue weighted by Gasteiger charge is -2.24. The van der Waals surface area contributed by atoms with Gasteiger partial charge in [-0.25, -0.2) is 4.98 Å². The van der Waals surface area contributed by atoms with Crippen molar-refractivity contribution >= 4 is 11.6 Å². The number of nitrogens with two attached hydrogens (primary N) is 1. The molecular weight excluding hydrogens is 248 g/mol. The Hall–Kier alpha value is -1.06. The number of ether oxygens (including phenoxy) is 1. The summed E-state index contributed by atoms with van der Waals surface area (Å²) in [7, 11) is 0. The molecule has 1 aliphatic carbocycles. The Morgan fingerprint density at radius 3 is 2.94 bits per heavy atom. The molecule has 18 heavy (non-hydrogen) atoms. The van der Waals surface area contributed by atoms with Crippen LogP contribution in [0.1, 0.15) is 25.3 Å². The average molecular weight is 267 g/mol. The number of hydrogen-bond acceptors (Lipinski definition) is 3. The summed E-state index contributed by atoms with van der Waals surface area (Å²) >= 11 is 5.96. The number of allylic oxidation sites excluding steroid dienone is 2. The molecule has 0 saturated heterocycles. The Bertz CT molecular complexity index is 434. The van der Waals surface area contributed by atoms with E-state index in [1.807, 2.05) is 6.07 Å². The van der Waals surface area contributed by atoms with Crippen LogP contribution < -0.4 is 10.5 Å². The number of aromatic nitrogens is 1. The lowest BCUT2D eigenvalue weighted by molar-refractivity contribution is 0.192. The van der Waals surface area contributed by atoms with Gasteiger partial charge in [-0.15, -0.1) is 0 Å². The fraction of sp³-hybridized carbons (Fsp3) is 0.500. The highest BCUT2D eigenvalue weighted by Gasteiger charge is 2.19. The number of hydrogen-bond donors (Lipinski definition) is 1. The molecule has 4 heteroatoms. The normalized spacial score (nSPS) is 23.1. The van der Waals surface area contributed by atoms with Crippen LogP contribution in [0.15, 0.2) is 24.4 Å². The van der Waals surface area contributed by atoms with E-state index in [9.17, 15) is 0 Å². The van der Waals surface area contributed by atoms with Gasteiger partial charge in [-0.1, -0.05) is 30.7 Å². The maximum atomic E-state index is 5.96. The SMILES string of the molecule is CC1CC=CCC1COc1cc(CN)c(Cl)cn1. The van der Waals surface area contributed by atoms with Crippen molar-refractivity contribution in [2.75, 3.05) is 6.61 Å². The van der Waals surface area contributed by atoms with Gasteiger partial charge in [0.1, 0.15) is 0 Å². The quantitative estimate of drug-likeness (QED) is 0.852. The van der Waals surface area contributed by atoms with Crippen molar-refractivity contribution in [2.24, 2.45) is 17.6 Å². The molecule has 2 rings (SSSR count). The summed E-state index contributed by atoms with van der Waals surface area (Å²) in [6.45, 7) is 3.36. The van der Waals surface area contributed by atoms with E-state index in [0.717, 1.165) is 18.4 Å². The predicted octanol–water partition coefficient (Wildman–Crippen LogP) is 3.17. The smallest absolute Gasteiger partial charge is 0.213 e. The zero-order valence-corrected chi connectivity index (χ0v) is 11.4. The molecule has 1 aromatic rings. The molecule has 1 aliphatic rings. The summed E-state index contributed by atoms with van der Waals surface area (Å²) in [5.74, 6) is 1.84. The minimum Gasteiger partial charge on any atom is -0.477 e. The van der Waals surface area contributed by atoms with E-state index in [4.69, 9.17) is 22.1 Å². The minimum atomic E-state index is 0.403. The largest absolute Gasteiger partial charge is 0.477 e. The third kappa shape index (κ3) is 3.24. The van der Waals surface area contributed by atoms with Gasteiger partial charge in [-0.3, -0.25) is 0 Å². The van der Waals surface area contributed by atoms with Crippen LogP contribution in [0, 0.1) is 11.8 Å². The Morgan fingerprint density at radius 1 is 1.44 bits per heavy atom. The second kappa shape index (κ2) is 6.21. The average Bonchev–Trinajstić information content (AvgIpc) is 2.39. The first kappa shape index (κ1) is 13.4. The molecule has 0 aliphatic heterocycles. The van der Waals surface area contributed by atoms with Gasteiger partial charge in [0, 0.05) is 18.8 Å².